The zero-order valence-corrected chi connectivity index (χ0v) is 5.65. The van der Waals surface area contributed by atoms with Crippen molar-refractivity contribution in [3.8, 4) is 0 Å². The lowest BCUT2D eigenvalue weighted by Crippen LogP contribution is -2.02. The predicted octanol–water partition coefficient (Wildman–Crippen LogP) is 0.497. The van der Waals surface area contributed by atoms with Gasteiger partial charge in [-0.15, -0.1) is 0 Å². The molecule has 2 amide bonds. The quantitative estimate of drug-likeness (QED) is 0.642. The monoisotopic (exact) mass is 154 g/mol. The van der Waals surface area contributed by atoms with E-state index in [0.717, 1.165) is 0 Å². The number of amides is 2. The molecule has 11 heavy (non-hydrogen) atoms. The van der Waals surface area contributed by atoms with Crippen LogP contribution in [0.25, 0.3) is 0 Å². The highest BCUT2D eigenvalue weighted by Crippen LogP contribution is 1.99. The Bertz CT molecular complexity index is 255. The number of nitrogens with zero attached hydrogens (tertiary/aromatic N) is 2. The highest BCUT2D eigenvalue weighted by atomic mass is 16.4. The Morgan fingerprint density at radius 1 is 1.64 bits per heavy atom. The van der Waals surface area contributed by atoms with Crippen LogP contribution in [0.3, 0.4) is 0 Å². The van der Waals surface area contributed by atoms with E-state index in [1.807, 2.05) is 0 Å². The summed E-state index contributed by atoms with van der Waals surface area (Å²) in [6.07, 6.45) is 1.55. The van der Waals surface area contributed by atoms with Crippen LogP contribution in [0, 0.1) is 0 Å². The van der Waals surface area contributed by atoms with Crippen LogP contribution < -0.4 is 0 Å². The van der Waals surface area contributed by atoms with Gasteiger partial charge in [-0.2, -0.15) is 9.98 Å². The number of aliphatic imine (C=N–C) groups is 2. The Morgan fingerprint density at radius 2 is 2.36 bits per heavy atom. The highest BCUT2D eigenvalue weighted by Gasteiger charge is 2.08. The highest BCUT2D eigenvalue weighted by molar-refractivity contribution is 6.37. The molecule has 1 aliphatic rings. The van der Waals surface area contributed by atoms with Gasteiger partial charge < -0.3 is 5.11 Å². The smallest absolute Gasteiger partial charge is 0.367 e. The van der Waals surface area contributed by atoms with Crippen molar-refractivity contribution in [1.82, 2.24) is 0 Å². The molecular weight excluding hydrogens is 148 g/mol. The summed E-state index contributed by atoms with van der Waals surface area (Å²) in [6.45, 7) is 0. The summed E-state index contributed by atoms with van der Waals surface area (Å²) >= 11 is 0. The molecule has 0 bridgehead atoms. The molecule has 1 heterocycles. The fourth-order valence-electron chi connectivity index (χ4n) is 0.666. The zero-order valence-electron chi connectivity index (χ0n) is 5.65. The van der Waals surface area contributed by atoms with Gasteiger partial charge in [0.25, 0.3) is 0 Å². The van der Waals surface area contributed by atoms with Crippen LogP contribution in [0.4, 0.5) is 4.79 Å². The van der Waals surface area contributed by atoms with Gasteiger partial charge in [-0.05, 0) is 0 Å². The second-order valence-corrected chi connectivity index (χ2v) is 2.04. The summed E-state index contributed by atoms with van der Waals surface area (Å²) in [5, 5.41) is 8.26. The number of aliphatic carboxylic acids is 1. The van der Waals surface area contributed by atoms with Gasteiger partial charge in [-0.25, -0.2) is 4.79 Å². The Hall–Kier alpha value is -1.52. The summed E-state index contributed by atoms with van der Waals surface area (Å²) in [4.78, 5) is 27.2. The number of hydrogen-bond acceptors (Lipinski definition) is 2. The molecule has 0 saturated carbocycles. The van der Waals surface area contributed by atoms with E-state index in [-0.39, 0.29) is 12.8 Å². The maximum atomic E-state index is 10.4. The Labute approximate surface area is 62.5 Å². The molecule has 0 spiro atoms. The molecular formula is C6H6N2O3. The van der Waals surface area contributed by atoms with Crippen molar-refractivity contribution < 1.29 is 14.7 Å². The minimum atomic E-state index is -0.902. The van der Waals surface area contributed by atoms with Gasteiger partial charge in [0.2, 0.25) is 0 Å². The minimum Gasteiger partial charge on any atom is -0.481 e. The molecule has 1 aliphatic heterocycles. The molecule has 5 nitrogen and oxygen atoms in total. The third-order valence-electron chi connectivity index (χ3n) is 1.16. The van der Waals surface area contributed by atoms with E-state index >= 15 is 0 Å². The average Bonchev–Trinajstić information content (AvgIpc) is 2.31. The van der Waals surface area contributed by atoms with Gasteiger partial charge in [0.1, 0.15) is 0 Å². The average molecular weight is 154 g/mol. The fourth-order valence-corrected chi connectivity index (χ4v) is 0.666. The maximum Gasteiger partial charge on any atom is 0.367 e. The number of carboxylic acid groups (broad SMARTS) is 1. The third kappa shape index (κ3) is 2.29. The molecule has 0 aliphatic carbocycles. The van der Waals surface area contributed by atoms with Crippen LogP contribution in [0.1, 0.15) is 12.8 Å². The SMILES string of the molecule is O=C(O)CCC1=NC(=O)N=C1. The molecule has 0 aromatic carbocycles. The van der Waals surface area contributed by atoms with Gasteiger partial charge in [0.05, 0.1) is 18.3 Å². The number of hydrogen-bond donors (Lipinski definition) is 1. The van der Waals surface area contributed by atoms with Crippen LogP contribution in [0.5, 0.6) is 0 Å². The van der Waals surface area contributed by atoms with E-state index in [1.165, 1.54) is 6.21 Å². The number of urea groups is 1. The molecule has 1 N–H and O–H groups in total. The van der Waals surface area contributed by atoms with Crippen molar-refractivity contribution in [3.05, 3.63) is 0 Å². The van der Waals surface area contributed by atoms with Crippen LogP contribution in [-0.4, -0.2) is 29.0 Å². The summed E-state index contributed by atoms with van der Waals surface area (Å²) in [6, 6.07) is -0.551. The molecule has 5 heteroatoms. The molecule has 0 radical (unpaired) electrons. The van der Waals surface area contributed by atoms with E-state index in [9.17, 15) is 9.59 Å². The molecule has 0 unspecified atom stereocenters. The summed E-state index contributed by atoms with van der Waals surface area (Å²) < 4.78 is 0. The molecule has 0 atom stereocenters. The predicted molar refractivity (Wildman–Crippen MR) is 38.2 cm³/mol. The normalized spacial score (nSPS) is 15.3. The summed E-state index contributed by atoms with van der Waals surface area (Å²) in [7, 11) is 0. The topological polar surface area (TPSA) is 79.1 Å². The standard InChI is InChI=1S/C6H6N2O3/c9-5(10)2-1-4-3-7-6(11)8-4/h3H,1-2H2,(H,9,10). The van der Waals surface area contributed by atoms with Gasteiger partial charge in [0, 0.05) is 6.42 Å². The second-order valence-electron chi connectivity index (χ2n) is 2.04. The van der Waals surface area contributed by atoms with Crippen molar-refractivity contribution in [2.24, 2.45) is 9.98 Å². The molecule has 1 rings (SSSR count). The van der Waals surface area contributed by atoms with E-state index in [4.69, 9.17) is 5.11 Å². The molecule has 58 valence electrons. The van der Waals surface area contributed by atoms with Gasteiger partial charge in [-0.1, -0.05) is 0 Å². The summed E-state index contributed by atoms with van der Waals surface area (Å²) in [5.74, 6) is -0.902. The van der Waals surface area contributed by atoms with Crippen LogP contribution in [0.15, 0.2) is 9.98 Å². The third-order valence-corrected chi connectivity index (χ3v) is 1.16. The van der Waals surface area contributed by atoms with E-state index in [0.29, 0.717) is 5.71 Å². The van der Waals surface area contributed by atoms with Crippen molar-refractivity contribution in [1.29, 1.82) is 0 Å². The fraction of sp³-hybridized carbons (Fsp3) is 0.333. The van der Waals surface area contributed by atoms with Crippen molar-refractivity contribution >= 4 is 23.9 Å². The largest absolute Gasteiger partial charge is 0.481 e. The van der Waals surface area contributed by atoms with Crippen LogP contribution in [-0.2, 0) is 4.79 Å². The molecule has 0 aromatic heterocycles. The first-order chi connectivity index (χ1) is 5.18. The molecule has 0 aromatic rings. The second kappa shape index (κ2) is 3.05. The Balaban J connectivity index is 2.40. The molecule has 0 fully saturated rings. The minimum absolute atomic E-state index is 0.0157. The number of carbonyl (C=O) groups excluding carboxylic acids is 1. The first-order valence-electron chi connectivity index (χ1n) is 3.06. The van der Waals surface area contributed by atoms with Crippen molar-refractivity contribution in [2.75, 3.05) is 0 Å². The van der Waals surface area contributed by atoms with Crippen molar-refractivity contribution in [2.45, 2.75) is 12.8 Å². The van der Waals surface area contributed by atoms with E-state index < -0.39 is 12.0 Å². The lowest BCUT2D eigenvalue weighted by atomic mass is 10.2. The van der Waals surface area contributed by atoms with Gasteiger partial charge in [0.15, 0.2) is 0 Å². The number of carboxylic acids is 1. The zero-order chi connectivity index (χ0) is 8.27. The van der Waals surface area contributed by atoms with E-state index in [1.54, 1.807) is 0 Å². The summed E-state index contributed by atoms with van der Waals surface area (Å²) in [5.41, 5.74) is 0.442. The molecule has 0 saturated heterocycles. The Morgan fingerprint density at radius 3 is 2.82 bits per heavy atom. The lowest BCUT2D eigenvalue weighted by Gasteiger charge is -1.89. The van der Waals surface area contributed by atoms with Crippen LogP contribution in [0.2, 0.25) is 0 Å². The maximum absolute atomic E-state index is 10.4. The van der Waals surface area contributed by atoms with Crippen molar-refractivity contribution in [3.63, 3.8) is 0 Å². The number of rotatable bonds is 3. The Kier molecular flexibility index (Phi) is 2.10. The first-order valence-corrected chi connectivity index (χ1v) is 3.06. The van der Waals surface area contributed by atoms with Gasteiger partial charge in [-0.3, -0.25) is 4.79 Å². The van der Waals surface area contributed by atoms with Gasteiger partial charge >= 0.3 is 12.0 Å². The lowest BCUT2D eigenvalue weighted by molar-refractivity contribution is -0.136. The number of carbonyl (C=O) groups is 2. The van der Waals surface area contributed by atoms with E-state index in [2.05, 4.69) is 9.98 Å². The van der Waals surface area contributed by atoms with Crippen LogP contribution >= 0.6 is 0 Å². The first kappa shape index (κ1) is 7.59.